The Kier molecular flexibility index (Phi) is 5.45. The van der Waals surface area contributed by atoms with Crippen molar-refractivity contribution in [3.05, 3.63) is 52.7 Å². The average molecular weight is 393 g/mol. The standard InChI is InChI=1S/C18H20N2O4S2/c1-12-11-14(23-3)6-7-17(12)26(21,22)19-9-8-15-13(2)24-18(20-15)16-5-4-10-25-16/h4-7,10-11,19H,8-9H2,1-3H3. The van der Waals surface area contributed by atoms with Gasteiger partial charge in [0, 0.05) is 13.0 Å². The molecule has 0 unspecified atom stereocenters. The third-order valence-corrected chi connectivity index (χ3v) is 6.43. The summed E-state index contributed by atoms with van der Waals surface area (Å²) in [6.45, 7) is 3.82. The maximum atomic E-state index is 12.5. The zero-order chi connectivity index (χ0) is 18.7. The molecule has 0 saturated heterocycles. The molecule has 138 valence electrons. The van der Waals surface area contributed by atoms with E-state index in [9.17, 15) is 8.42 Å². The molecule has 2 aromatic heterocycles. The molecule has 6 nitrogen and oxygen atoms in total. The van der Waals surface area contributed by atoms with Crippen LogP contribution in [-0.2, 0) is 16.4 Å². The third kappa shape index (κ3) is 3.98. The van der Waals surface area contributed by atoms with Crippen molar-refractivity contribution in [2.45, 2.75) is 25.2 Å². The predicted octanol–water partition coefficient (Wildman–Crippen LogP) is 3.55. The van der Waals surface area contributed by atoms with Crippen LogP contribution in [0.3, 0.4) is 0 Å². The molecule has 0 saturated carbocycles. The van der Waals surface area contributed by atoms with Crippen LogP contribution in [0.4, 0.5) is 0 Å². The largest absolute Gasteiger partial charge is 0.497 e. The van der Waals surface area contributed by atoms with Gasteiger partial charge in [-0.25, -0.2) is 18.1 Å². The topological polar surface area (TPSA) is 81.4 Å². The molecule has 26 heavy (non-hydrogen) atoms. The highest BCUT2D eigenvalue weighted by Crippen LogP contribution is 2.26. The van der Waals surface area contributed by atoms with Crippen LogP contribution in [0.15, 0.2) is 45.0 Å². The van der Waals surface area contributed by atoms with Crippen molar-refractivity contribution in [2.24, 2.45) is 0 Å². The van der Waals surface area contributed by atoms with E-state index in [4.69, 9.17) is 9.15 Å². The van der Waals surface area contributed by atoms with E-state index < -0.39 is 10.0 Å². The molecular formula is C18H20N2O4S2. The fourth-order valence-electron chi connectivity index (χ4n) is 2.60. The van der Waals surface area contributed by atoms with Crippen molar-refractivity contribution in [3.8, 4) is 16.5 Å². The highest BCUT2D eigenvalue weighted by atomic mass is 32.2. The van der Waals surface area contributed by atoms with Gasteiger partial charge in [0.1, 0.15) is 11.5 Å². The summed E-state index contributed by atoms with van der Waals surface area (Å²) in [4.78, 5) is 5.67. The molecule has 3 aromatic rings. The first-order valence-corrected chi connectivity index (χ1v) is 10.4. The van der Waals surface area contributed by atoms with E-state index in [0.29, 0.717) is 29.4 Å². The van der Waals surface area contributed by atoms with Crippen molar-refractivity contribution in [3.63, 3.8) is 0 Å². The van der Waals surface area contributed by atoms with E-state index in [1.807, 2.05) is 24.4 Å². The molecular weight excluding hydrogens is 372 g/mol. The summed E-state index contributed by atoms with van der Waals surface area (Å²) in [5, 5.41) is 1.96. The van der Waals surface area contributed by atoms with Crippen molar-refractivity contribution in [1.29, 1.82) is 0 Å². The Hall–Kier alpha value is -2.16. The number of nitrogens with one attached hydrogen (secondary N) is 1. The van der Waals surface area contributed by atoms with Crippen molar-refractivity contribution in [1.82, 2.24) is 9.71 Å². The van der Waals surface area contributed by atoms with E-state index in [1.165, 1.54) is 0 Å². The van der Waals surface area contributed by atoms with Gasteiger partial charge in [0.15, 0.2) is 0 Å². The average Bonchev–Trinajstić information content (AvgIpc) is 3.24. The van der Waals surface area contributed by atoms with Gasteiger partial charge in [-0.1, -0.05) is 6.07 Å². The summed E-state index contributed by atoms with van der Waals surface area (Å²) < 4.78 is 38.5. The van der Waals surface area contributed by atoms with Crippen molar-refractivity contribution < 1.29 is 17.6 Å². The Bertz CT molecular complexity index is 992. The van der Waals surface area contributed by atoms with E-state index in [1.54, 1.807) is 43.6 Å². The first-order chi connectivity index (χ1) is 12.4. The number of thiophene rings is 1. The Balaban J connectivity index is 1.68. The van der Waals surface area contributed by atoms with Gasteiger partial charge in [0.25, 0.3) is 0 Å². The first-order valence-electron chi connectivity index (χ1n) is 8.05. The normalized spacial score (nSPS) is 11.7. The summed E-state index contributed by atoms with van der Waals surface area (Å²) in [6.07, 6.45) is 0.454. The van der Waals surface area contributed by atoms with Crippen LogP contribution in [0.25, 0.3) is 10.8 Å². The van der Waals surface area contributed by atoms with Crippen LogP contribution in [-0.4, -0.2) is 27.1 Å². The summed E-state index contributed by atoms with van der Waals surface area (Å²) in [6, 6.07) is 8.76. The lowest BCUT2D eigenvalue weighted by atomic mass is 10.2. The molecule has 0 bridgehead atoms. The van der Waals surface area contributed by atoms with Gasteiger partial charge in [-0.05, 0) is 49.1 Å². The van der Waals surface area contributed by atoms with Crippen LogP contribution in [0, 0.1) is 13.8 Å². The van der Waals surface area contributed by atoms with Gasteiger partial charge in [-0.3, -0.25) is 0 Å². The van der Waals surface area contributed by atoms with E-state index in [0.717, 1.165) is 10.6 Å². The molecule has 0 aliphatic heterocycles. The molecule has 0 aliphatic rings. The number of benzene rings is 1. The molecule has 1 N–H and O–H groups in total. The van der Waals surface area contributed by atoms with Crippen LogP contribution in [0.2, 0.25) is 0 Å². The number of aryl methyl sites for hydroxylation is 2. The number of methoxy groups -OCH3 is 1. The van der Waals surface area contributed by atoms with Gasteiger partial charge in [0.05, 0.1) is 22.6 Å². The number of hydrogen-bond acceptors (Lipinski definition) is 6. The molecule has 1 aromatic carbocycles. The lowest BCUT2D eigenvalue weighted by molar-refractivity contribution is 0.414. The third-order valence-electron chi connectivity index (χ3n) is 3.95. The van der Waals surface area contributed by atoms with Gasteiger partial charge >= 0.3 is 0 Å². The lowest BCUT2D eigenvalue weighted by Gasteiger charge is -2.10. The number of ether oxygens (including phenoxy) is 1. The van der Waals surface area contributed by atoms with E-state index in [-0.39, 0.29) is 11.4 Å². The van der Waals surface area contributed by atoms with E-state index >= 15 is 0 Å². The van der Waals surface area contributed by atoms with Gasteiger partial charge in [0.2, 0.25) is 15.9 Å². The minimum absolute atomic E-state index is 0.241. The van der Waals surface area contributed by atoms with Crippen LogP contribution < -0.4 is 9.46 Å². The molecule has 0 aliphatic carbocycles. The second-order valence-electron chi connectivity index (χ2n) is 5.78. The van der Waals surface area contributed by atoms with Gasteiger partial charge in [-0.2, -0.15) is 0 Å². The maximum absolute atomic E-state index is 12.5. The minimum atomic E-state index is -3.60. The zero-order valence-corrected chi connectivity index (χ0v) is 16.4. The summed E-state index contributed by atoms with van der Waals surface area (Å²) in [7, 11) is -2.05. The van der Waals surface area contributed by atoms with Crippen LogP contribution in [0.5, 0.6) is 5.75 Å². The molecule has 0 amide bonds. The van der Waals surface area contributed by atoms with Crippen LogP contribution >= 0.6 is 11.3 Å². The summed E-state index contributed by atoms with van der Waals surface area (Å²) in [5.74, 6) is 1.90. The molecule has 3 rings (SSSR count). The predicted molar refractivity (Wildman–Crippen MR) is 101 cm³/mol. The number of sulfonamides is 1. The molecule has 0 radical (unpaired) electrons. The number of oxazole rings is 1. The van der Waals surface area contributed by atoms with Crippen LogP contribution in [0.1, 0.15) is 17.0 Å². The van der Waals surface area contributed by atoms with Gasteiger partial charge < -0.3 is 9.15 Å². The van der Waals surface area contributed by atoms with E-state index in [2.05, 4.69) is 9.71 Å². The molecule has 2 heterocycles. The number of nitrogens with zero attached hydrogens (tertiary/aromatic N) is 1. The Morgan fingerprint density at radius 2 is 2.08 bits per heavy atom. The SMILES string of the molecule is COc1ccc(S(=O)(=O)NCCc2nc(-c3cccs3)oc2C)c(C)c1. The second kappa shape index (κ2) is 7.61. The second-order valence-corrected chi connectivity index (χ2v) is 8.46. The minimum Gasteiger partial charge on any atom is -0.497 e. The summed E-state index contributed by atoms with van der Waals surface area (Å²) in [5.41, 5.74) is 1.39. The maximum Gasteiger partial charge on any atom is 0.240 e. The molecule has 8 heteroatoms. The van der Waals surface area contributed by atoms with Gasteiger partial charge in [-0.15, -0.1) is 11.3 Å². The molecule has 0 atom stereocenters. The smallest absolute Gasteiger partial charge is 0.240 e. The number of rotatable bonds is 7. The Morgan fingerprint density at radius 1 is 1.27 bits per heavy atom. The highest BCUT2D eigenvalue weighted by Gasteiger charge is 2.18. The Morgan fingerprint density at radius 3 is 2.73 bits per heavy atom. The molecule has 0 fully saturated rings. The number of hydrogen-bond donors (Lipinski definition) is 1. The van der Waals surface area contributed by atoms with Crippen molar-refractivity contribution >= 4 is 21.4 Å². The molecule has 0 spiro atoms. The lowest BCUT2D eigenvalue weighted by Crippen LogP contribution is -2.26. The highest BCUT2D eigenvalue weighted by molar-refractivity contribution is 7.89. The first kappa shape index (κ1) is 18.6. The fraction of sp³-hybridized carbons (Fsp3) is 0.278. The Labute approximate surface area is 156 Å². The monoisotopic (exact) mass is 392 g/mol. The summed E-state index contributed by atoms with van der Waals surface area (Å²) >= 11 is 1.55. The van der Waals surface area contributed by atoms with Crippen molar-refractivity contribution in [2.75, 3.05) is 13.7 Å². The zero-order valence-electron chi connectivity index (χ0n) is 14.8. The quantitative estimate of drug-likeness (QED) is 0.665. The number of aromatic nitrogens is 1. The fourth-order valence-corrected chi connectivity index (χ4v) is 4.50.